The monoisotopic (exact) mass is 254 g/mol. The van der Waals surface area contributed by atoms with E-state index in [-0.39, 0.29) is 5.91 Å². The number of hydrogen-bond donors (Lipinski definition) is 2. The first-order chi connectivity index (χ1) is 8.36. The van der Waals surface area contributed by atoms with Crippen molar-refractivity contribution in [1.82, 2.24) is 10.2 Å². The number of amides is 1. The molecule has 18 heavy (non-hydrogen) atoms. The highest BCUT2D eigenvalue weighted by Gasteiger charge is 2.27. The molecule has 1 saturated heterocycles. The summed E-state index contributed by atoms with van der Waals surface area (Å²) < 4.78 is 0. The van der Waals surface area contributed by atoms with Crippen LogP contribution in [-0.2, 0) is 4.79 Å². The lowest BCUT2D eigenvalue weighted by molar-refractivity contribution is -0.128. The van der Waals surface area contributed by atoms with Gasteiger partial charge in [0.25, 0.3) is 0 Å². The van der Waals surface area contributed by atoms with Gasteiger partial charge < -0.3 is 16.0 Å². The van der Waals surface area contributed by atoms with Crippen molar-refractivity contribution >= 4 is 11.9 Å². The van der Waals surface area contributed by atoms with Crippen LogP contribution in [0.4, 0.5) is 0 Å². The van der Waals surface area contributed by atoms with Gasteiger partial charge >= 0.3 is 0 Å². The van der Waals surface area contributed by atoms with Crippen LogP contribution in [0.1, 0.15) is 33.6 Å². The SMILES string of the molecule is CNC(=O)C(C)(C)CN=C(N)N1CCCC(C)C1. The van der Waals surface area contributed by atoms with E-state index in [4.69, 9.17) is 5.73 Å². The molecule has 0 radical (unpaired) electrons. The maximum atomic E-state index is 11.6. The Morgan fingerprint density at radius 3 is 2.78 bits per heavy atom. The van der Waals surface area contributed by atoms with Gasteiger partial charge in [-0.2, -0.15) is 0 Å². The van der Waals surface area contributed by atoms with Gasteiger partial charge in [0.15, 0.2) is 5.96 Å². The summed E-state index contributed by atoms with van der Waals surface area (Å²) >= 11 is 0. The van der Waals surface area contributed by atoms with Crippen LogP contribution in [0.3, 0.4) is 0 Å². The fourth-order valence-corrected chi connectivity index (χ4v) is 2.19. The van der Waals surface area contributed by atoms with Gasteiger partial charge in [0.2, 0.25) is 5.91 Å². The predicted octanol–water partition coefficient (Wildman–Crippen LogP) is 0.805. The van der Waals surface area contributed by atoms with Gasteiger partial charge in [0, 0.05) is 20.1 Å². The van der Waals surface area contributed by atoms with Crippen molar-refractivity contribution in [1.29, 1.82) is 0 Å². The molecule has 1 fully saturated rings. The predicted molar refractivity (Wildman–Crippen MR) is 74.3 cm³/mol. The number of nitrogens with two attached hydrogens (primary N) is 1. The van der Waals surface area contributed by atoms with Crippen molar-refractivity contribution in [3.8, 4) is 0 Å². The molecule has 0 bridgehead atoms. The number of likely N-dealkylation sites (tertiary alicyclic amines) is 1. The number of hydrogen-bond acceptors (Lipinski definition) is 2. The molecule has 1 aliphatic rings. The Hall–Kier alpha value is -1.26. The Morgan fingerprint density at radius 2 is 2.22 bits per heavy atom. The lowest BCUT2D eigenvalue weighted by Gasteiger charge is -2.32. The minimum Gasteiger partial charge on any atom is -0.370 e. The zero-order valence-corrected chi connectivity index (χ0v) is 12.0. The maximum absolute atomic E-state index is 11.6. The zero-order valence-electron chi connectivity index (χ0n) is 12.0. The number of piperidine rings is 1. The molecule has 0 saturated carbocycles. The summed E-state index contributed by atoms with van der Waals surface area (Å²) in [6.45, 7) is 8.34. The normalized spacial score (nSPS) is 21.9. The van der Waals surface area contributed by atoms with E-state index < -0.39 is 5.41 Å². The average Bonchev–Trinajstić information content (AvgIpc) is 2.35. The molecular formula is C13H26N4O. The third-order valence-corrected chi connectivity index (χ3v) is 3.46. The Morgan fingerprint density at radius 1 is 1.56 bits per heavy atom. The smallest absolute Gasteiger partial charge is 0.227 e. The summed E-state index contributed by atoms with van der Waals surface area (Å²) in [5.41, 5.74) is 5.49. The Kier molecular flexibility index (Phi) is 4.99. The summed E-state index contributed by atoms with van der Waals surface area (Å²) in [5, 5.41) is 2.65. The second-order valence-electron chi connectivity index (χ2n) is 5.83. The van der Waals surface area contributed by atoms with Crippen LogP contribution in [-0.4, -0.2) is 43.4 Å². The van der Waals surface area contributed by atoms with E-state index in [1.165, 1.54) is 6.42 Å². The lowest BCUT2D eigenvalue weighted by atomic mass is 9.93. The minimum absolute atomic E-state index is 0.00828. The molecule has 0 aromatic carbocycles. The number of carbonyl (C=O) groups excluding carboxylic acids is 1. The summed E-state index contributed by atoms with van der Waals surface area (Å²) in [6.07, 6.45) is 2.42. The van der Waals surface area contributed by atoms with Crippen molar-refractivity contribution in [2.45, 2.75) is 33.6 Å². The van der Waals surface area contributed by atoms with Crippen molar-refractivity contribution in [3.05, 3.63) is 0 Å². The number of carbonyl (C=O) groups is 1. The van der Waals surface area contributed by atoms with Crippen LogP contribution >= 0.6 is 0 Å². The first-order valence-corrected chi connectivity index (χ1v) is 6.64. The van der Waals surface area contributed by atoms with Crippen molar-refractivity contribution in [2.24, 2.45) is 22.1 Å². The van der Waals surface area contributed by atoms with E-state index in [1.54, 1.807) is 7.05 Å². The molecule has 104 valence electrons. The molecule has 0 spiro atoms. The van der Waals surface area contributed by atoms with E-state index in [9.17, 15) is 4.79 Å². The van der Waals surface area contributed by atoms with Gasteiger partial charge in [-0.05, 0) is 32.6 Å². The number of aliphatic imine (C=N–C) groups is 1. The molecule has 1 aliphatic heterocycles. The third-order valence-electron chi connectivity index (χ3n) is 3.46. The van der Waals surface area contributed by atoms with Crippen LogP contribution in [0.5, 0.6) is 0 Å². The van der Waals surface area contributed by atoms with E-state index in [0.717, 1.165) is 19.5 Å². The fraction of sp³-hybridized carbons (Fsp3) is 0.846. The first kappa shape index (κ1) is 14.8. The maximum Gasteiger partial charge on any atom is 0.227 e. The summed E-state index contributed by atoms with van der Waals surface area (Å²) in [4.78, 5) is 18.1. The molecule has 0 aliphatic carbocycles. The largest absolute Gasteiger partial charge is 0.370 e. The molecule has 0 aromatic rings. The summed E-state index contributed by atoms with van der Waals surface area (Å²) in [5.74, 6) is 1.23. The van der Waals surface area contributed by atoms with Crippen LogP contribution in [0.25, 0.3) is 0 Å². The standard InChI is InChI=1S/C13H26N4O/c1-10-6-5-7-17(8-10)12(14)16-9-13(2,3)11(18)15-4/h10H,5-9H2,1-4H3,(H2,14,16)(H,15,18). The third kappa shape index (κ3) is 3.89. The highest BCUT2D eigenvalue weighted by atomic mass is 16.2. The molecule has 3 N–H and O–H groups in total. The van der Waals surface area contributed by atoms with Crippen LogP contribution in [0, 0.1) is 11.3 Å². The highest BCUT2D eigenvalue weighted by molar-refractivity contribution is 5.83. The Bertz CT molecular complexity index is 325. The Labute approximate surface area is 110 Å². The van der Waals surface area contributed by atoms with Gasteiger partial charge in [0.05, 0.1) is 12.0 Å². The number of rotatable bonds is 3. The van der Waals surface area contributed by atoms with Gasteiger partial charge in [0.1, 0.15) is 0 Å². The molecule has 5 nitrogen and oxygen atoms in total. The minimum atomic E-state index is -0.513. The van der Waals surface area contributed by atoms with E-state index >= 15 is 0 Å². The molecule has 1 amide bonds. The molecule has 0 aromatic heterocycles. The molecule has 1 atom stereocenters. The quantitative estimate of drug-likeness (QED) is 0.578. The van der Waals surface area contributed by atoms with Crippen molar-refractivity contribution < 1.29 is 4.79 Å². The number of nitrogens with one attached hydrogen (secondary N) is 1. The van der Waals surface area contributed by atoms with Gasteiger partial charge in [-0.3, -0.25) is 9.79 Å². The molecule has 1 heterocycles. The highest BCUT2D eigenvalue weighted by Crippen LogP contribution is 2.17. The first-order valence-electron chi connectivity index (χ1n) is 6.64. The van der Waals surface area contributed by atoms with Crippen LogP contribution in [0.2, 0.25) is 0 Å². The second kappa shape index (κ2) is 6.07. The van der Waals surface area contributed by atoms with Gasteiger partial charge in [-0.15, -0.1) is 0 Å². The van der Waals surface area contributed by atoms with Gasteiger partial charge in [-0.1, -0.05) is 6.92 Å². The summed E-state index contributed by atoms with van der Waals surface area (Å²) in [7, 11) is 1.64. The Balaban J connectivity index is 2.58. The molecular weight excluding hydrogens is 228 g/mol. The van der Waals surface area contributed by atoms with E-state index in [1.807, 2.05) is 13.8 Å². The van der Waals surface area contributed by atoms with E-state index in [2.05, 4.69) is 22.1 Å². The number of nitrogens with zero attached hydrogens (tertiary/aromatic N) is 2. The van der Waals surface area contributed by atoms with Gasteiger partial charge in [-0.25, -0.2) is 0 Å². The molecule has 5 heteroatoms. The molecule has 1 rings (SSSR count). The number of guanidine groups is 1. The topological polar surface area (TPSA) is 70.7 Å². The van der Waals surface area contributed by atoms with Crippen molar-refractivity contribution in [2.75, 3.05) is 26.7 Å². The lowest BCUT2D eigenvalue weighted by Crippen LogP contribution is -2.44. The van der Waals surface area contributed by atoms with Crippen molar-refractivity contribution in [3.63, 3.8) is 0 Å². The van der Waals surface area contributed by atoms with Crippen LogP contribution in [0.15, 0.2) is 4.99 Å². The van der Waals surface area contributed by atoms with E-state index in [0.29, 0.717) is 18.4 Å². The molecule has 1 unspecified atom stereocenters. The van der Waals surface area contributed by atoms with Crippen LogP contribution < -0.4 is 11.1 Å². The summed E-state index contributed by atoms with van der Waals surface area (Å²) in [6, 6.07) is 0. The fourth-order valence-electron chi connectivity index (χ4n) is 2.19. The zero-order chi connectivity index (χ0) is 13.8. The second-order valence-corrected chi connectivity index (χ2v) is 5.83. The average molecular weight is 254 g/mol.